The molecule has 0 spiro atoms. The Labute approximate surface area is 106 Å². The van der Waals surface area contributed by atoms with Gasteiger partial charge in [-0.1, -0.05) is 22.9 Å². The van der Waals surface area contributed by atoms with Crippen LogP contribution in [0, 0.1) is 12.8 Å². The maximum Gasteiger partial charge on any atom is 0.128 e. The van der Waals surface area contributed by atoms with Crippen molar-refractivity contribution in [2.24, 2.45) is 5.92 Å². The van der Waals surface area contributed by atoms with Crippen LogP contribution in [0.25, 0.3) is 0 Å². The molecule has 0 bridgehead atoms. The quantitative estimate of drug-likeness (QED) is 0.773. The largest absolute Gasteiger partial charge is 0.357 e. The zero-order valence-electron chi connectivity index (χ0n) is 9.99. The Morgan fingerprint density at radius 2 is 2.12 bits per heavy atom. The van der Waals surface area contributed by atoms with Gasteiger partial charge < -0.3 is 4.90 Å². The number of alkyl halides is 1. The average molecular weight is 283 g/mol. The van der Waals surface area contributed by atoms with Gasteiger partial charge in [-0.3, -0.25) is 0 Å². The topological polar surface area (TPSA) is 16.1 Å². The van der Waals surface area contributed by atoms with Crippen molar-refractivity contribution in [2.45, 2.75) is 31.5 Å². The first-order valence-corrected chi connectivity index (χ1v) is 6.90. The van der Waals surface area contributed by atoms with Crippen LogP contribution in [0.1, 0.15) is 25.3 Å². The van der Waals surface area contributed by atoms with Gasteiger partial charge in [-0.15, -0.1) is 0 Å². The fraction of sp³-hybridized carbons (Fsp3) is 0.615. The molecule has 0 saturated carbocycles. The highest BCUT2D eigenvalue weighted by atomic mass is 79.9. The lowest BCUT2D eigenvalue weighted by Crippen LogP contribution is -2.36. The summed E-state index contributed by atoms with van der Waals surface area (Å²) in [7, 11) is 0. The number of nitrogens with zero attached hydrogens (tertiary/aromatic N) is 2. The van der Waals surface area contributed by atoms with Crippen LogP contribution < -0.4 is 4.90 Å². The second-order valence-corrected chi connectivity index (χ2v) is 6.14. The van der Waals surface area contributed by atoms with E-state index in [9.17, 15) is 0 Å². The van der Waals surface area contributed by atoms with E-state index in [4.69, 9.17) is 0 Å². The summed E-state index contributed by atoms with van der Waals surface area (Å²) < 4.78 is 0. The van der Waals surface area contributed by atoms with Gasteiger partial charge in [-0.05, 0) is 43.4 Å². The summed E-state index contributed by atoms with van der Waals surface area (Å²) >= 11 is 3.69. The predicted octanol–water partition coefficient (Wildman–Crippen LogP) is 3.39. The molecule has 2 nitrogen and oxygen atoms in total. The second kappa shape index (κ2) is 5.17. The molecule has 0 radical (unpaired) electrons. The van der Waals surface area contributed by atoms with Crippen molar-refractivity contribution < 1.29 is 0 Å². The molecule has 1 aliphatic heterocycles. The normalized spacial score (nSPS) is 19.8. The summed E-state index contributed by atoms with van der Waals surface area (Å²) in [6, 6.07) is 4.23. The van der Waals surface area contributed by atoms with Crippen LogP contribution in [-0.4, -0.2) is 22.9 Å². The monoisotopic (exact) mass is 282 g/mol. The van der Waals surface area contributed by atoms with Crippen LogP contribution in [-0.2, 0) is 0 Å². The molecule has 3 heteroatoms. The van der Waals surface area contributed by atoms with Gasteiger partial charge in [-0.2, -0.15) is 0 Å². The Morgan fingerprint density at radius 1 is 1.44 bits per heavy atom. The average Bonchev–Trinajstić information content (AvgIpc) is 2.29. The molecule has 1 aromatic rings. The Hall–Kier alpha value is -0.570. The van der Waals surface area contributed by atoms with Gasteiger partial charge in [0.05, 0.1) is 0 Å². The fourth-order valence-corrected chi connectivity index (χ4v) is 2.81. The van der Waals surface area contributed by atoms with E-state index in [0.29, 0.717) is 4.83 Å². The minimum Gasteiger partial charge on any atom is -0.357 e. The molecule has 1 aliphatic rings. The van der Waals surface area contributed by atoms with Gasteiger partial charge in [-0.25, -0.2) is 4.98 Å². The molecule has 2 rings (SSSR count). The van der Waals surface area contributed by atoms with Gasteiger partial charge in [0.25, 0.3) is 0 Å². The first-order chi connectivity index (χ1) is 7.66. The molecule has 2 heterocycles. The van der Waals surface area contributed by atoms with Crippen LogP contribution in [0.15, 0.2) is 18.3 Å². The second-order valence-electron chi connectivity index (χ2n) is 4.69. The molecule has 88 valence electrons. The number of piperidine rings is 1. The number of anilines is 1. The number of hydrogen-bond acceptors (Lipinski definition) is 2. The molecule has 1 unspecified atom stereocenters. The van der Waals surface area contributed by atoms with Crippen molar-refractivity contribution in [3.8, 4) is 0 Å². The highest BCUT2D eigenvalue weighted by Crippen LogP contribution is 2.27. The van der Waals surface area contributed by atoms with E-state index in [0.717, 1.165) is 24.8 Å². The number of aromatic nitrogens is 1. The van der Waals surface area contributed by atoms with Gasteiger partial charge in [0, 0.05) is 24.1 Å². The molecule has 1 atom stereocenters. The van der Waals surface area contributed by atoms with E-state index in [2.05, 4.69) is 51.8 Å². The van der Waals surface area contributed by atoms with E-state index in [-0.39, 0.29) is 0 Å². The first-order valence-electron chi connectivity index (χ1n) is 5.98. The van der Waals surface area contributed by atoms with E-state index in [1.54, 1.807) is 0 Å². The molecule has 0 N–H and O–H groups in total. The summed E-state index contributed by atoms with van der Waals surface area (Å²) in [5.41, 5.74) is 1.29. The van der Waals surface area contributed by atoms with Crippen LogP contribution in [0.2, 0.25) is 0 Å². The molecular weight excluding hydrogens is 264 g/mol. The van der Waals surface area contributed by atoms with Crippen molar-refractivity contribution in [1.82, 2.24) is 4.98 Å². The van der Waals surface area contributed by atoms with E-state index >= 15 is 0 Å². The van der Waals surface area contributed by atoms with E-state index in [1.165, 1.54) is 18.4 Å². The van der Waals surface area contributed by atoms with Gasteiger partial charge >= 0.3 is 0 Å². The minimum atomic E-state index is 0.639. The smallest absolute Gasteiger partial charge is 0.128 e. The SMILES string of the molecule is Cc1ccnc(N2CCC(C(C)Br)CC2)c1. The standard InChI is InChI=1S/C13H19BrN2/c1-10-3-6-15-13(9-10)16-7-4-12(5-8-16)11(2)14/h3,6,9,11-12H,4-5,7-8H2,1-2H3. The lowest BCUT2D eigenvalue weighted by atomic mass is 9.94. The summed E-state index contributed by atoms with van der Waals surface area (Å²) in [6.07, 6.45) is 4.44. The van der Waals surface area contributed by atoms with Crippen molar-refractivity contribution in [3.63, 3.8) is 0 Å². The van der Waals surface area contributed by atoms with Crippen molar-refractivity contribution >= 4 is 21.7 Å². The number of hydrogen-bond donors (Lipinski definition) is 0. The lowest BCUT2D eigenvalue weighted by Gasteiger charge is -2.34. The maximum absolute atomic E-state index is 4.45. The lowest BCUT2D eigenvalue weighted by molar-refractivity contribution is 0.405. The van der Waals surface area contributed by atoms with E-state index < -0.39 is 0 Å². The maximum atomic E-state index is 4.45. The Morgan fingerprint density at radius 3 is 2.69 bits per heavy atom. The number of aryl methyl sites for hydroxylation is 1. The highest BCUT2D eigenvalue weighted by Gasteiger charge is 2.22. The third-order valence-electron chi connectivity index (χ3n) is 3.41. The molecule has 1 saturated heterocycles. The molecule has 1 aromatic heterocycles. The molecule has 0 aromatic carbocycles. The van der Waals surface area contributed by atoms with Gasteiger partial charge in [0.2, 0.25) is 0 Å². The predicted molar refractivity (Wildman–Crippen MR) is 72.3 cm³/mol. The van der Waals surface area contributed by atoms with Crippen LogP contribution in [0.5, 0.6) is 0 Å². The zero-order chi connectivity index (χ0) is 11.5. The third kappa shape index (κ3) is 2.76. The summed E-state index contributed by atoms with van der Waals surface area (Å²) in [4.78, 5) is 7.49. The summed E-state index contributed by atoms with van der Waals surface area (Å²) in [5.74, 6) is 1.96. The Kier molecular flexibility index (Phi) is 3.85. The first kappa shape index (κ1) is 11.9. The summed E-state index contributed by atoms with van der Waals surface area (Å²) in [6.45, 7) is 6.65. The van der Waals surface area contributed by atoms with Crippen molar-refractivity contribution in [3.05, 3.63) is 23.9 Å². The van der Waals surface area contributed by atoms with Gasteiger partial charge in [0.15, 0.2) is 0 Å². The molecule has 0 amide bonds. The van der Waals surface area contributed by atoms with Crippen LogP contribution in [0.4, 0.5) is 5.82 Å². The molecule has 16 heavy (non-hydrogen) atoms. The van der Waals surface area contributed by atoms with Crippen LogP contribution in [0.3, 0.4) is 0 Å². The zero-order valence-corrected chi connectivity index (χ0v) is 11.6. The van der Waals surface area contributed by atoms with Crippen LogP contribution >= 0.6 is 15.9 Å². The molecule has 1 fully saturated rings. The highest BCUT2D eigenvalue weighted by molar-refractivity contribution is 9.09. The van der Waals surface area contributed by atoms with Gasteiger partial charge in [0.1, 0.15) is 5.82 Å². The Bertz CT molecular complexity index is 344. The number of pyridine rings is 1. The minimum absolute atomic E-state index is 0.639. The number of halogens is 1. The fourth-order valence-electron chi connectivity index (χ4n) is 2.28. The van der Waals surface area contributed by atoms with E-state index in [1.807, 2.05) is 6.20 Å². The third-order valence-corrected chi connectivity index (χ3v) is 4.16. The van der Waals surface area contributed by atoms with Crippen molar-refractivity contribution in [2.75, 3.05) is 18.0 Å². The van der Waals surface area contributed by atoms with Crippen molar-refractivity contribution in [1.29, 1.82) is 0 Å². The molecule has 0 aliphatic carbocycles. The Balaban J connectivity index is 1.99. The number of rotatable bonds is 2. The summed E-state index contributed by atoms with van der Waals surface area (Å²) in [5, 5.41) is 0. The molecular formula is C13H19BrN2.